The number of nitrogens with zero attached hydrogens (tertiary/aromatic N) is 1. The molecule has 0 bridgehead atoms. The van der Waals surface area contributed by atoms with E-state index in [9.17, 15) is 4.79 Å². The van der Waals surface area contributed by atoms with Crippen LogP contribution in [0.2, 0.25) is 0 Å². The van der Waals surface area contributed by atoms with Gasteiger partial charge in [-0.15, -0.1) is 0 Å². The second-order valence-electron chi connectivity index (χ2n) is 4.38. The molecule has 0 radical (unpaired) electrons. The molecule has 1 N–H and O–H groups in total. The van der Waals surface area contributed by atoms with E-state index in [2.05, 4.69) is 11.8 Å². The number of hydrogen-bond donors (Lipinski definition) is 1. The maximum atomic E-state index is 10.9. The van der Waals surface area contributed by atoms with Crippen LogP contribution in [0.3, 0.4) is 0 Å². The fourth-order valence-corrected chi connectivity index (χ4v) is 3.11. The summed E-state index contributed by atoms with van der Waals surface area (Å²) in [5, 5.41) is 8.96. The normalized spacial score (nSPS) is 21.6. The van der Waals surface area contributed by atoms with Gasteiger partial charge in [0, 0.05) is 24.1 Å². The summed E-state index contributed by atoms with van der Waals surface area (Å²) < 4.78 is 5.50. The molecule has 1 fully saturated rings. The Morgan fingerprint density at radius 2 is 2.47 bits per heavy atom. The first kappa shape index (κ1) is 12.5. The molecular formula is C12H17NO3S. The quantitative estimate of drug-likeness (QED) is 0.897. The van der Waals surface area contributed by atoms with Crippen molar-refractivity contribution in [3.63, 3.8) is 0 Å². The summed E-state index contributed by atoms with van der Waals surface area (Å²) in [6.07, 6.45) is 0. The van der Waals surface area contributed by atoms with Gasteiger partial charge in [-0.3, -0.25) is 4.90 Å². The van der Waals surface area contributed by atoms with E-state index >= 15 is 0 Å². The molecular weight excluding hydrogens is 238 g/mol. The number of aromatic carboxylic acids is 1. The van der Waals surface area contributed by atoms with Gasteiger partial charge in [0.1, 0.15) is 17.1 Å². The second-order valence-corrected chi connectivity index (χ2v) is 5.53. The molecule has 1 aliphatic rings. The number of carboxylic acid groups (broad SMARTS) is 1. The van der Waals surface area contributed by atoms with Crippen LogP contribution >= 0.6 is 11.8 Å². The van der Waals surface area contributed by atoms with E-state index in [1.807, 2.05) is 11.8 Å². The molecule has 0 saturated carbocycles. The Hall–Kier alpha value is -0.940. The molecule has 94 valence electrons. The minimum atomic E-state index is -0.917. The van der Waals surface area contributed by atoms with Crippen LogP contribution in [0.1, 0.15) is 28.8 Å². The molecule has 2 rings (SSSR count). The lowest BCUT2D eigenvalue weighted by Crippen LogP contribution is -2.39. The molecule has 1 aromatic heterocycles. The lowest BCUT2D eigenvalue weighted by atomic mass is 10.2. The van der Waals surface area contributed by atoms with Crippen molar-refractivity contribution in [1.82, 2.24) is 4.90 Å². The van der Waals surface area contributed by atoms with Gasteiger partial charge in [-0.05, 0) is 19.9 Å². The van der Waals surface area contributed by atoms with Crippen molar-refractivity contribution in [3.05, 3.63) is 23.2 Å². The van der Waals surface area contributed by atoms with Crippen molar-refractivity contribution in [1.29, 1.82) is 0 Å². The predicted molar refractivity (Wildman–Crippen MR) is 67.6 cm³/mol. The summed E-state index contributed by atoms with van der Waals surface area (Å²) in [6, 6.07) is 2.17. The molecule has 1 aliphatic heterocycles. The van der Waals surface area contributed by atoms with Crippen LogP contribution in [0.15, 0.2) is 10.5 Å². The fourth-order valence-electron chi connectivity index (χ4n) is 2.03. The number of thioether (sulfide) groups is 1. The van der Waals surface area contributed by atoms with Gasteiger partial charge in [-0.2, -0.15) is 11.8 Å². The Balaban J connectivity index is 2.07. The molecule has 0 amide bonds. The van der Waals surface area contributed by atoms with Crippen LogP contribution in [0, 0.1) is 6.92 Å². The molecule has 2 heterocycles. The van der Waals surface area contributed by atoms with Crippen LogP contribution < -0.4 is 0 Å². The SMILES string of the molecule is Cc1oc(CN2CCSCC2C)cc1C(=O)O. The number of rotatable bonds is 3. The van der Waals surface area contributed by atoms with Gasteiger partial charge in [-0.1, -0.05) is 0 Å². The van der Waals surface area contributed by atoms with Crippen molar-refractivity contribution < 1.29 is 14.3 Å². The Labute approximate surface area is 105 Å². The highest BCUT2D eigenvalue weighted by Crippen LogP contribution is 2.21. The molecule has 0 spiro atoms. The van der Waals surface area contributed by atoms with Crippen LogP contribution in [0.4, 0.5) is 0 Å². The molecule has 0 aliphatic carbocycles. The summed E-state index contributed by atoms with van der Waals surface area (Å²) in [4.78, 5) is 13.2. The van der Waals surface area contributed by atoms with E-state index < -0.39 is 5.97 Å². The third-order valence-electron chi connectivity index (χ3n) is 3.06. The van der Waals surface area contributed by atoms with Gasteiger partial charge in [0.05, 0.1) is 6.54 Å². The van der Waals surface area contributed by atoms with Crippen molar-refractivity contribution >= 4 is 17.7 Å². The largest absolute Gasteiger partial charge is 0.478 e. The molecule has 1 atom stereocenters. The molecule has 17 heavy (non-hydrogen) atoms. The minimum Gasteiger partial charge on any atom is -0.478 e. The average Bonchev–Trinajstić information content (AvgIpc) is 2.63. The molecule has 1 saturated heterocycles. The zero-order chi connectivity index (χ0) is 12.4. The fraction of sp³-hybridized carbons (Fsp3) is 0.583. The lowest BCUT2D eigenvalue weighted by molar-refractivity contribution is 0.0695. The van der Waals surface area contributed by atoms with Crippen molar-refractivity contribution in [2.24, 2.45) is 0 Å². The maximum Gasteiger partial charge on any atom is 0.339 e. The standard InChI is InChI=1S/C12H17NO3S/c1-8-7-17-4-3-13(8)6-10-5-11(12(14)15)9(2)16-10/h5,8H,3-4,6-7H2,1-2H3,(H,14,15). The first-order chi connectivity index (χ1) is 8.08. The summed E-state index contributed by atoms with van der Waals surface area (Å²) in [5.74, 6) is 2.59. The van der Waals surface area contributed by atoms with Crippen LogP contribution in [0.5, 0.6) is 0 Å². The first-order valence-electron chi connectivity index (χ1n) is 5.72. The van der Waals surface area contributed by atoms with Gasteiger partial charge < -0.3 is 9.52 Å². The van der Waals surface area contributed by atoms with E-state index in [-0.39, 0.29) is 5.56 Å². The lowest BCUT2D eigenvalue weighted by Gasteiger charge is -2.32. The summed E-state index contributed by atoms with van der Waals surface area (Å²) in [6.45, 7) is 5.63. The Bertz CT molecular complexity index is 416. The Morgan fingerprint density at radius 3 is 3.06 bits per heavy atom. The number of aryl methyl sites for hydroxylation is 1. The monoisotopic (exact) mass is 255 g/mol. The van der Waals surface area contributed by atoms with Crippen molar-refractivity contribution in [2.45, 2.75) is 26.4 Å². The van der Waals surface area contributed by atoms with Gasteiger partial charge >= 0.3 is 5.97 Å². The van der Waals surface area contributed by atoms with Gasteiger partial charge in [0.15, 0.2) is 0 Å². The Kier molecular flexibility index (Phi) is 3.79. The van der Waals surface area contributed by atoms with Crippen LogP contribution in [0.25, 0.3) is 0 Å². The zero-order valence-electron chi connectivity index (χ0n) is 10.1. The van der Waals surface area contributed by atoms with Gasteiger partial charge in [-0.25, -0.2) is 4.79 Å². The van der Waals surface area contributed by atoms with Crippen LogP contribution in [-0.2, 0) is 6.54 Å². The molecule has 1 unspecified atom stereocenters. The first-order valence-corrected chi connectivity index (χ1v) is 6.88. The van der Waals surface area contributed by atoms with E-state index in [1.165, 1.54) is 0 Å². The summed E-state index contributed by atoms with van der Waals surface area (Å²) >= 11 is 1.96. The van der Waals surface area contributed by atoms with Crippen LogP contribution in [-0.4, -0.2) is 40.1 Å². The maximum absolute atomic E-state index is 10.9. The number of furan rings is 1. The molecule has 0 aromatic carbocycles. The summed E-state index contributed by atoms with van der Waals surface area (Å²) in [7, 11) is 0. The number of carbonyl (C=O) groups is 1. The van der Waals surface area contributed by atoms with E-state index in [1.54, 1.807) is 13.0 Å². The van der Waals surface area contributed by atoms with E-state index in [4.69, 9.17) is 9.52 Å². The summed E-state index contributed by atoms with van der Waals surface area (Å²) in [5.41, 5.74) is 0.277. The van der Waals surface area contributed by atoms with Crippen molar-refractivity contribution in [3.8, 4) is 0 Å². The smallest absolute Gasteiger partial charge is 0.339 e. The van der Waals surface area contributed by atoms with Gasteiger partial charge in [0.2, 0.25) is 0 Å². The van der Waals surface area contributed by atoms with E-state index in [0.29, 0.717) is 18.3 Å². The van der Waals surface area contributed by atoms with E-state index in [0.717, 1.165) is 23.8 Å². The second kappa shape index (κ2) is 5.14. The molecule has 4 nitrogen and oxygen atoms in total. The highest BCUT2D eigenvalue weighted by Gasteiger charge is 2.21. The minimum absolute atomic E-state index is 0.277. The highest BCUT2D eigenvalue weighted by molar-refractivity contribution is 7.99. The topological polar surface area (TPSA) is 53.7 Å². The van der Waals surface area contributed by atoms with Gasteiger partial charge in [0.25, 0.3) is 0 Å². The zero-order valence-corrected chi connectivity index (χ0v) is 10.9. The van der Waals surface area contributed by atoms with Crippen molar-refractivity contribution in [2.75, 3.05) is 18.1 Å². The average molecular weight is 255 g/mol. The number of carboxylic acids is 1. The molecule has 5 heteroatoms. The predicted octanol–water partition coefficient (Wildman–Crippen LogP) is 2.22. The number of hydrogen-bond acceptors (Lipinski definition) is 4. The highest BCUT2D eigenvalue weighted by atomic mass is 32.2. The molecule has 1 aromatic rings. The third-order valence-corrected chi connectivity index (χ3v) is 4.25. The Morgan fingerprint density at radius 1 is 1.71 bits per heavy atom. The third kappa shape index (κ3) is 2.84.